The summed E-state index contributed by atoms with van der Waals surface area (Å²) in [6, 6.07) is 7.60. The van der Waals surface area contributed by atoms with Crippen molar-refractivity contribution in [3.05, 3.63) is 34.9 Å². The topological polar surface area (TPSA) is 23.5 Å². The maximum atomic E-state index is 9.55. The second-order valence-corrected chi connectivity index (χ2v) is 5.60. The van der Waals surface area contributed by atoms with Gasteiger partial charge in [0.25, 0.3) is 0 Å². The van der Waals surface area contributed by atoms with E-state index in [0.29, 0.717) is 5.92 Å². The summed E-state index contributed by atoms with van der Waals surface area (Å²) in [5, 5.41) is 10.3. The van der Waals surface area contributed by atoms with E-state index >= 15 is 0 Å². The average Bonchev–Trinajstić information content (AvgIpc) is 2.41. The summed E-state index contributed by atoms with van der Waals surface area (Å²) in [4.78, 5) is 2.35. The number of hydrogen-bond donors (Lipinski definition) is 1. The van der Waals surface area contributed by atoms with Crippen molar-refractivity contribution < 1.29 is 5.11 Å². The Morgan fingerprint density at radius 2 is 1.95 bits per heavy atom. The van der Waals surface area contributed by atoms with E-state index in [1.807, 2.05) is 31.2 Å². The van der Waals surface area contributed by atoms with Gasteiger partial charge in [-0.3, -0.25) is 4.90 Å². The molecular formula is C16H20ClNO. The maximum absolute atomic E-state index is 9.55. The fourth-order valence-corrected chi connectivity index (χ4v) is 2.51. The van der Waals surface area contributed by atoms with E-state index in [1.165, 1.54) is 0 Å². The molecule has 0 aliphatic carbocycles. The van der Waals surface area contributed by atoms with Crippen molar-refractivity contribution in [2.75, 3.05) is 19.6 Å². The zero-order valence-electron chi connectivity index (χ0n) is 11.3. The molecule has 0 amide bonds. The van der Waals surface area contributed by atoms with Crippen LogP contribution in [0.3, 0.4) is 0 Å². The van der Waals surface area contributed by atoms with Crippen molar-refractivity contribution in [1.29, 1.82) is 0 Å². The van der Waals surface area contributed by atoms with Crippen molar-refractivity contribution in [1.82, 2.24) is 4.90 Å². The van der Waals surface area contributed by atoms with Gasteiger partial charge >= 0.3 is 0 Å². The highest BCUT2D eigenvalue weighted by Crippen LogP contribution is 2.19. The van der Waals surface area contributed by atoms with E-state index in [9.17, 15) is 5.11 Å². The molecule has 1 aromatic carbocycles. The van der Waals surface area contributed by atoms with Gasteiger partial charge in [0.05, 0.1) is 12.6 Å². The Hall–Kier alpha value is -1.01. The van der Waals surface area contributed by atoms with E-state index in [2.05, 4.69) is 16.7 Å². The van der Waals surface area contributed by atoms with Gasteiger partial charge in [-0.15, -0.1) is 0 Å². The highest BCUT2D eigenvalue weighted by Gasteiger charge is 2.21. The molecule has 1 aliphatic heterocycles. The molecule has 1 unspecified atom stereocenters. The van der Waals surface area contributed by atoms with Crippen LogP contribution in [-0.4, -0.2) is 35.7 Å². The third-order valence-corrected chi connectivity index (χ3v) is 3.95. The van der Waals surface area contributed by atoms with Gasteiger partial charge in [0.15, 0.2) is 0 Å². The van der Waals surface area contributed by atoms with Gasteiger partial charge in [0.1, 0.15) is 0 Å². The van der Waals surface area contributed by atoms with Crippen LogP contribution >= 0.6 is 11.6 Å². The number of aliphatic hydroxyl groups is 1. The van der Waals surface area contributed by atoms with E-state index in [-0.39, 0.29) is 6.10 Å². The molecule has 0 aromatic heterocycles. The normalized spacial score (nSPS) is 18.7. The van der Waals surface area contributed by atoms with E-state index in [4.69, 9.17) is 11.6 Å². The van der Waals surface area contributed by atoms with Crippen LogP contribution in [0, 0.1) is 17.8 Å². The van der Waals surface area contributed by atoms with Crippen LogP contribution in [0.25, 0.3) is 0 Å². The Morgan fingerprint density at radius 3 is 2.53 bits per heavy atom. The lowest BCUT2D eigenvalue weighted by Gasteiger charge is -2.31. The lowest BCUT2D eigenvalue weighted by atomic mass is 9.92. The summed E-state index contributed by atoms with van der Waals surface area (Å²) >= 11 is 5.83. The highest BCUT2D eigenvalue weighted by atomic mass is 35.5. The first-order chi connectivity index (χ1) is 9.15. The molecule has 0 bridgehead atoms. The molecule has 19 heavy (non-hydrogen) atoms. The molecule has 3 heteroatoms. The van der Waals surface area contributed by atoms with Crippen LogP contribution in [0.5, 0.6) is 0 Å². The minimum Gasteiger partial charge on any atom is -0.393 e. The van der Waals surface area contributed by atoms with Crippen molar-refractivity contribution in [2.24, 2.45) is 5.92 Å². The molecule has 0 saturated carbocycles. The number of halogens is 1. The molecule has 0 radical (unpaired) electrons. The van der Waals surface area contributed by atoms with Crippen LogP contribution in [0.4, 0.5) is 0 Å². The molecule has 102 valence electrons. The van der Waals surface area contributed by atoms with Gasteiger partial charge in [-0.1, -0.05) is 23.4 Å². The average molecular weight is 278 g/mol. The van der Waals surface area contributed by atoms with E-state index < -0.39 is 0 Å². The Labute approximate surface area is 120 Å². The summed E-state index contributed by atoms with van der Waals surface area (Å²) < 4.78 is 0. The molecule has 1 atom stereocenters. The molecule has 1 N–H and O–H groups in total. The van der Waals surface area contributed by atoms with Gasteiger partial charge in [0.2, 0.25) is 0 Å². The van der Waals surface area contributed by atoms with Crippen LogP contribution < -0.4 is 0 Å². The number of rotatable bonds is 2. The van der Waals surface area contributed by atoms with Gasteiger partial charge in [-0.25, -0.2) is 0 Å². The Balaban J connectivity index is 1.79. The third-order valence-electron chi connectivity index (χ3n) is 3.69. The number of benzene rings is 1. The maximum Gasteiger partial charge on any atom is 0.0605 e. The monoisotopic (exact) mass is 277 g/mol. The van der Waals surface area contributed by atoms with Crippen LogP contribution in [-0.2, 0) is 0 Å². The second-order valence-electron chi connectivity index (χ2n) is 5.16. The van der Waals surface area contributed by atoms with Crippen molar-refractivity contribution >= 4 is 11.6 Å². The standard InChI is InChI=1S/C16H20ClNO/c1-13(19)15-8-11-18(12-9-15)10-2-3-14-4-6-16(17)7-5-14/h4-7,13,15,19H,8-12H2,1H3. The summed E-state index contributed by atoms with van der Waals surface area (Å²) in [7, 11) is 0. The number of aliphatic hydroxyl groups excluding tert-OH is 1. The molecule has 2 nitrogen and oxygen atoms in total. The SMILES string of the molecule is CC(O)C1CCN(CC#Cc2ccc(Cl)cc2)CC1. The van der Waals surface area contributed by atoms with Crippen molar-refractivity contribution in [3.63, 3.8) is 0 Å². The zero-order valence-corrected chi connectivity index (χ0v) is 12.0. The molecule has 1 aliphatic rings. The fraction of sp³-hybridized carbons (Fsp3) is 0.500. The molecule has 1 saturated heterocycles. The minimum absolute atomic E-state index is 0.178. The van der Waals surface area contributed by atoms with Crippen LogP contribution in [0.2, 0.25) is 5.02 Å². The molecule has 1 fully saturated rings. The largest absolute Gasteiger partial charge is 0.393 e. The molecule has 1 aromatic rings. The van der Waals surface area contributed by atoms with E-state index in [0.717, 1.165) is 43.1 Å². The lowest BCUT2D eigenvalue weighted by molar-refractivity contribution is 0.0762. The van der Waals surface area contributed by atoms with Crippen LogP contribution in [0.15, 0.2) is 24.3 Å². The van der Waals surface area contributed by atoms with Gasteiger partial charge in [-0.05, 0) is 63.0 Å². The van der Waals surface area contributed by atoms with Crippen molar-refractivity contribution in [2.45, 2.75) is 25.9 Å². The number of nitrogens with zero attached hydrogens (tertiary/aromatic N) is 1. The number of hydrogen-bond acceptors (Lipinski definition) is 2. The molecule has 1 heterocycles. The minimum atomic E-state index is -0.178. The van der Waals surface area contributed by atoms with E-state index in [1.54, 1.807) is 0 Å². The predicted octanol–water partition coefficient (Wildman–Crippen LogP) is 2.78. The summed E-state index contributed by atoms with van der Waals surface area (Å²) in [5.41, 5.74) is 1.00. The van der Waals surface area contributed by atoms with Crippen molar-refractivity contribution in [3.8, 4) is 11.8 Å². The summed E-state index contributed by atoms with van der Waals surface area (Å²) in [6.07, 6.45) is 1.96. The number of likely N-dealkylation sites (tertiary alicyclic amines) is 1. The first-order valence-electron chi connectivity index (χ1n) is 6.80. The Morgan fingerprint density at radius 1 is 1.32 bits per heavy atom. The van der Waals surface area contributed by atoms with Crippen LogP contribution in [0.1, 0.15) is 25.3 Å². The quantitative estimate of drug-likeness (QED) is 0.841. The fourth-order valence-electron chi connectivity index (χ4n) is 2.38. The zero-order chi connectivity index (χ0) is 13.7. The lowest BCUT2D eigenvalue weighted by Crippen LogP contribution is -2.37. The smallest absolute Gasteiger partial charge is 0.0605 e. The Bertz CT molecular complexity index is 450. The first kappa shape index (κ1) is 14.4. The first-order valence-corrected chi connectivity index (χ1v) is 7.18. The second kappa shape index (κ2) is 6.96. The third kappa shape index (κ3) is 4.54. The molecular weight excluding hydrogens is 258 g/mol. The molecule has 0 spiro atoms. The van der Waals surface area contributed by atoms with Gasteiger partial charge in [0, 0.05) is 10.6 Å². The Kier molecular flexibility index (Phi) is 5.27. The predicted molar refractivity (Wildman–Crippen MR) is 79.2 cm³/mol. The number of piperidine rings is 1. The van der Waals surface area contributed by atoms with Gasteiger partial charge < -0.3 is 5.11 Å². The highest BCUT2D eigenvalue weighted by molar-refractivity contribution is 6.30. The summed E-state index contributed by atoms with van der Waals surface area (Å²) in [6.45, 7) is 4.76. The summed E-state index contributed by atoms with van der Waals surface area (Å²) in [5.74, 6) is 6.82. The van der Waals surface area contributed by atoms with Gasteiger partial charge in [-0.2, -0.15) is 0 Å². The molecule has 2 rings (SSSR count).